The van der Waals surface area contributed by atoms with Crippen molar-refractivity contribution < 1.29 is 9.53 Å². The summed E-state index contributed by atoms with van der Waals surface area (Å²) in [5.41, 5.74) is 0.875. The van der Waals surface area contributed by atoms with E-state index in [-0.39, 0.29) is 5.97 Å². The van der Waals surface area contributed by atoms with Crippen molar-refractivity contribution in [3.63, 3.8) is 0 Å². The van der Waals surface area contributed by atoms with Crippen LogP contribution in [0.3, 0.4) is 0 Å². The van der Waals surface area contributed by atoms with E-state index in [0.29, 0.717) is 11.8 Å². The van der Waals surface area contributed by atoms with Crippen LogP contribution in [0.4, 0.5) is 0 Å². The standard InChI is InChI=1S/C17H18N4O2S/c1-4-23-15(22)17(2,3)24-16-18-19-20-21(16)14-11-7-9-12-8-5-6-10-13(12)14/h5-11H,4H2,1-3H3. The van der Waals surface area contributed by atoms with E-state index < -0.39 is 4.75 Å². The van der Waals surface area contributed by atoms with Gasteiger partial charge in [-0.25, -0.2) is 0 Å². The Hall–Kier alpha value is -2.41. The molecule has 6 nitrogen and oxygen atoms in total. The van der Waals surface area contributed by atoms with Crippen molar-refractivity contribution in [1.29, 1.82) is 0 Å². The number of thioether (sulfide) groups is 1. The van der Waals surface area contributed by atoms with Gasteiger partial charge >= 0.3 is 5.97 Å². The summed E-state index contributed by atoms with van der Waals surface area (Å²) in [6.07, 6.45) is 0. The number of carbonyl (C=O) groups excluding carboxylic acids is 1. The van der Waals surface area contributed by atoms with E-state index in [9.17, 15) is 4.79 Å². The molecule has 24 heavy (non-hydrogen) atoms. The van der Waals surface area contributed by atoms with Gasteiger partial charge in [0.25, 0.3) is 0 Å². The zero-order chi connectivity index (χ0) is 17.2. The first-order valence-electron chi connectivity index (χ1n) is 7.65. The van der Waals surface area contributed by atoms with Crippen molar-refractivity contribution in [1.82, 2.24) is 20.2 Å². The Labute approximate surface area is 144 Å². The predicted molar refractivity (Wildman–Crippen MR) is 93.2 cm³/mol. The number of fused-ring (bicyclic) bond motifs is 1. The summed E-state index contributed by atoms with van der Waals surface area (Å²) >= 11 is 1.28. The van der Waals surface area contributed by atoms with Gasteiger partial charge in [0.05, 0.1) is 12.3 Å². The van der Waals surface area contributed by atoms with E-state index in [0.717, 1.165) is 16.5 Å². The number of hydrogen-bond acceptors (Lipinski definition) is 6. The molecule has 0 bridgehead atoms. The van der Waals surface area contributed by atoms with Gasteiger partial charge in [-0.15, -0.1) is 5.10 Å². The number of aromatic nitrogens is 4. The first kappa shape index (κ1) is 16.4. The maximum atomic E-state index is 12.1. The molecule has 0 amide bonds. The number of nitrogens with zero attached hydrogens (tertiary/aromatic N) is 4. The fourth-order valence-corrected chi connectivity index (χ4v) is 3.26. The molecule has 0 fully saturated rings. The average molecular weight is 342 g/mol. The molecule has 1 heterocycles. The number of esters is 1. The van der Waals surface area contributed by atoms with Gasteiger partial charge in [0.2, 0.25) is 5.16 Å². The third-order valence-electron chi connectivity index (χ3n) is 3.55. The Morgan fingerprint density at radius 3 is 2.75 bits per heavy atom. The largest absolute Gasteiger partial charge is 0.465 e. The highest BCUT2D eigenvalue weighted by molar-refractivity contribution is 8.01. The molecule has 2 aromatic carbocycles. The SMILES string of the molecule is CCOC(=O)C(C)(C)Sc1nnnn1-c1cccc2ccccc12. The van der Waals surface area contributed by atoms with Crippen LogP contribution in [0.15, 0.2) is 47.6 Å². The molecular formula is C17H18N4O2S. The second-order valence-electron chi connectivity index (χ2n) is 5.70. The van der Waals surface area contributed by atoms with Crippen molar-refractivity contribution in [2.24, 2.45) is 0 Å². The van der Waals surface area contributed by atoms with Crippen LogP contribution < -0.4 is 0 Å². The summed E-state index contributed by atoms with van der Waals surface area (Å²) in [6, 6.07) is 14.0. The predicted octanol–water partition coefficient (Wildman–Crippen LogP) is 3.25. The first-order valence-corrected chi connectivity index (χ1v) is 8.47. The van der Waals surface area contributed by atoms with Crippen LogP contribution >= 0.6 is 11.8 Å². The molecule has 3 rings (SSSR count). The van der Waals surface area contributed by atoms with Crippen molar-refractivity contribution in [3.05, 3.63) is 42.5 Å². The van der Waals surface area contributed by atoms with Crippen molar-refractivity contribution in [2.75, 3.05) is 6.61 Å². The van der Waals surface area contributed by atoms with Crippen LogP contribution in [0.5, 0.6) is 0 Å². The van der Waals surface area contributed by atoms with Gasteiger partial charge in [-0.3, -0.25) is 4.79 Å². The molecule has 0 saturated heterocycles. The van der Waals surface area contributed by atoms with Gasteiger partial charge in [-0.2, -0.15) is 4.68 Å². The van der Waals surface area contributed by atoms with E-state index in [2.05, 4.69) is 15.5 Å². The Morgan fingerprint density at radius 2 is 1.96 bits per heavy atom. The summed E-state index contributed by atoms with van der Waals surface area (Å²) in [7, 11) is 0. The Kier molecular flexibility index (Phi) is 4.53. The molecule has 0 N–H and O–H groups in total. The number of carbonyl (C=O) groups is 1. The minimum absolute atomic E-state index is 0.289. The third kappa shape index (κ3) is 3.12. The van der Waals surface area contributed by atoms with Gasteiger partial charge < -0.3 is 4.74 Å². The number of benzene rings is 2. The summed E-state index contributed by atoms with van der Waals surface area (Å²) < 4.78 is 6.01. The fraction of sp³-hybridized carbons (Fsp3) is 0.294. The molecule has 0 unspecified atom stereocenters. The van der Waals surface area contributed by atoms with E-state index >= 15 is 0 Å². The molecule has 0 aliphatic carbocycles. The minimum Gasteiger partial charge on any atom is -0.465 e. The number of tetrazole rings is 1. The monoisotopic (exact) mass is 342 g/mol. The molecule has 7 heteroatoms. The highest BCUT2D eigenvalue weighted by Crippen LogP contribution is 2.34. The minimum atomic E-state index is -0.785. The molecule has 124 valence electrons. The molecule has 3 aromatic rings. The first-order chi connectivity index (χ1) is 11.5. The van der Waals surface area contributed by atoms with Gasteiger partial charge in [0, 0.05) is 5.39 Å². The Morgan fingerprint density at radius 1 is 1.21 bits per heavy atom. The summed E-state index contributed by atoms with van der Waals surface area (Å²) in [5.74, 6) is -0.289. The maximum Gasteiger partial charge on any atom is 0.322 e. The zero-order valence-electron chi connectivity index (χ0n) is 13.8. The summed E-state index contributed by atoms with van der Waals surface area (Å²) in [6.45, 7) is 5.74. The number of rotatable bonds is 5. The Bertz CT molecular complexity index is 870. The quantitative estimate of drug-likeness (QED) is 0.524. The zero-order valence-corrected chi connectivity index (χ0v) is 14.6. The second kappa shape index (κ2) is 6.60. The highest BCUT2D eigenvalue weighted by Gasteiger charge is 2.33. The lowest BCUT2D eigenvalue weighted by molar-refractivity contribution is -0.145. The molecule has 0 saturated carbocycles. The van der Waals surface area contributed by atoms with E-state index in [4.69, 9.17) is 4.74 Å². The molecule has 1 aromatic heterocycles. The van der Waals surface area contributed by atoms with E-state index in [1.807, 2.05) is 42.5 Å². The Balaban J connectivity index is 2.00. The van der Waals surface area contributed by atoms with Gasteiger partial charge in [-0.1, -0.05) is 48.2 Å². The summed E-state index contributed by atoms with van der Waals surface area (Å²) in [4.78, 5) is 12.1. The fourth-order valence-electron chi connectivity index (χ4n) is 2.36. The van der Waals surface area contributed by atoms with Crippen LogP contribution in [-0.2, 0) is 9.53 Å². The second-order valence-corrected chi connectivity index (χ2v) is 7.29. The lowest BCUT2D eigenvalue weighted by Gasteiger charge is -2.20. The van der Waals surface area contributed by atoms with Crippen molar-refractivity contribution in [2.45, 2.75) is 30.7 Å². The van der Waals surface area contributed by atoms with Crippen molar-refractivity contribution >= 4 is 28.5 Å². The maximum absolute atomic E-state index is 12.1. The van der Waals surface area contributed by atoms with Crippen LogP contribution in [-0.4, -0.2) is 37.5 Å². The van der Waals surface area contributed by atoms with Gasteiger partial charge in [0.1, 0.15) is 4.75 Å². The van der Waals surface area contributed by atoms with E-state index in [1.54, 1.807) is 25.5 Å². The van der Waals surface area contributed by atoms with Gasteiger partial charge in [0.15, 0.2) is 0 Å². The third-order valence-corrected chi connectivity index (χ3v) is 4.66. The number of hydrogen-bond donors (Lipinski definition) is 0. The molecule has 0 spiro atoms. The lowest BCUT2D eigenvalue weighted by atomic mass is 10.1. The van der Waals surface area contributed by atoms with Crippen LogP contribution in [0.2, 0.25) is 0 Å². The summed E-state index contributed by atoms with van der Waals surface area (Å²) in [5, 5.41) is 14.7. The number of ether oxygens (including phenoxy) is 1. The van der Waals surface area contributed by atoms with E-state index in [1.165, 1.54) is 11.8 Å². The smallest absolute Gasteiger partial charge is 0.322 e. The molecular weight excluding hydrogens is 324 g/mol. The van der Waals surface area contributed by atoms with Crippen molar-refractivity contribution in [3.8, 4) is 5.69 Å². The molecule has 0 atom stereocenters. The molecule has 0 aliphatic rings. The van der Waals surface area contributed by atoms with Crippen LogP contribution in [0, 0.1) is 0 Å². The topological polar surface area (TPSA) is 69.9 Å². The molecule has 0 aliphatic heterocycles. The normalized spacial score (nSPS) is 11.6. The lowest BCUT2D eigenvalue weighted by Crippen LogP contribution is -2.30. The van der Waals surface area contributed by atoms with Crippen LogP contribution in [0.25, 0.3) is 16.5 Å². The average Bonchev–Trinajstić information content (AvgIpc) is 3.01. The highest BCUT2D eigenvalue weighted by atomic mass is 32.2. The van der Waals surface area contributed by atoms with Crippen LogP contribution in [0.1, 0.15) is 20.8 Å². The molecule has 0 radical (unpaired) electrons. The van der Waals surface area contributed by atoms with Gasteiger partial charge in [-0.05, 0) is 42.7 Å².